The van der Waals surface area contributed by atoms with E-state index in [9.17, 15) is 22.4 Å². The summed E-state index contributed by atoms with van der Waals surface area (Å²) >= 11 is 0. The fourth-order valence-electron chi connectivity index (χ4n) is 3.36. The second-order valence-corrected chi connectivity index (χ2v) is 10.1. The van der Waals surface area contributed by atoms with Crippen LogP contribution in [0.3, 0.4) is 0 Å². The van der Waals surface area contributed by atoms with E-state index in [2.05, 4.69) is 4.98 Å². The van der Waals surface area contributed by atoms with Crippen LogP contribution in [0.5, 0.6) is 5.75 Å². The van der Waals surface area contributed by atoms with Crippen LogP contribution in [0, 0.1) is 5.82 Å². The molecule has 0 fully saturated rings. The van der Waals surface area contributed by atoms with Gasteiger partial charge in [0, 0.05) is 18.4 Å². The molecule has 170 valence electrons. The summed E-state index contributed by atoms with van der Waals surface area (Å²) in [4.78, 5) is 29.2. The van der Waals surface area contributed by atoms with Crippen molar-refractivity contribution in [2.75, 3.05) is 20.0 Å². The van der Waals surface area contributed by atoms with Gasteiger partial charge in [0.2, 0.25) is 0 Å². The van der Waals surface area contributed by atoms with Gasteiger partial charge >= 0.3 is 0 Å². The van der Waals surface area contributed by atoms with Gasteiger partial charge in [0.25, 0.3) is 5.56 Å². The largest absolute Gasteiger partial charge is 0.497 e. The molecule has 1 atom stereocenters. The van der Waals surface area contributed by atoms with Crippen molar-refractivity contribution in [3.63, 3.8) is 0 Å². The van der Waals surface area contributed by atoms with E-state index in [1.165, 1.54) is 26.4 Å². The zero-order valence-electron chi connectivity index (χ0n) is 17.8. The SMILES string of the molecule is COc1ccc(-c2cc3ncn(CC[C@@](C)(C(=O)CO)S(C)(=O)=O)c(=O)c3cc2F)cc1. The van der Waals surface area contributed by atoms with E-state index >= 15 is 0 Å². The molecule has 0 unspecified atom stereocenters. The summed E-state index contributed by atoms with van der Waals surface area (Å²) in [6, 6.07) is 9.32. The highest BCUT2D eigenvalue weighted by Crippen LogP contribution is 2.28. The highest BCUT2D eigenvalue weighted by Gasteiger charge is 2.42. The number of nitrogens with zero attached hydrogens (tertiary/aromatic N) is 2. The van der Waals surface area contributed by atoms with E-state index in [1.807, 2.05) is 0 Å². The molecule has 1 aromatic heterocycles. The zero-order chi connectivity index (χ0) is 23.7. The number of rotatable bonds is 8. The summed E-state index contributed by atoms with van der Waals surface area (Å²) in [5, 5.41) is 9.19. The second kappa shape index (κ2) is 8.79. The van der Waals surface area contributed by atoms with Crippen LogP contribution in [0.25, 0.3) is 22.0 Å². The molecular formula is C22H23FN2O6S. The molecule has 32 heavy (non-hydrogen) atoms. The van der Waals surface area contributed by atoms with E-state index in [-0.39, 0.29) is 29.4 Å². The zero-order valence-corrected chi connectivity index (χ0v) is 18.6. The van der Waals surface area contributed by atoms with Gasteiger partial charge in [-0.1, -0.05) is 12.1 Å². The van der Waals surface area contributed by atoms with Crippen LogP contribution in [0.2, 0.25) is 0 Å². The van der Waals surface area contributed by atoms with Crippen molar-refractivity contribution in [3.8, 4) is 16.9 Å². The van der Waals surface area contributed by atoms with Crippen LogP contribution >= 0.6 is 0 Å². The Hall–Kier alpha value is -3.11. The number of Topliss-reactive ketones (excluding diaryl/α,β-unsaturated/α-hetero) is 1. The predicted octanol–water partition coefficient (Wildman–Crippen LogP) is 1.97. The first kappa shape index (κ1) is 23.6. The highest BCUT2D eigenvalue weighted by atomic mass is 32.2. The van der Waals surface area contributed by atoms with Crippen LogP contribution in [-0.4, -0.2) is 53.6 Å². The number of aryl methyl sites for hydroxylation is 1. The molecule has 3 aromatic rings. The van der Waals surface area contributed by atoms with Crippen molar-refractivity contribution < 1.29 is 27.4 Å². The summed E-state index contributed by atoms with van der Waals surface area (Å²) in [5.41, 5.74) is 0.559. The predicted molar refractivity (Wildman–Crippen MR) is 118 cm³/mol. The minimum absolute atomic E-state index is 0.0248. The topological polar surface area (TPSA) is 116 Å². The molecule has 2 aromatic carbocycles. The molecule has 0 spiro atoms. The summed E-state index contributed by atoms with van der Waals surface area (Å²) in [6.07, 6.45) is 1.88. The Morgan fingerprint density at radius 3 is 2.47 bits per heavy atom. The van der Waals surface area contributed by atoms with Gasteiger partial charge in [-0.05, 0) is 43.2 Å². The lowest BCUT2D eigenvalue weighted by Gasteiger charge is -2.25. The lowest BCUT2D eigenvalue weighted by molar-refractivity contribution is -0.124. The van der Waals surface area contributed by atoms with Crippen LogP contribution in [0.4, 0.5) is 4.39 Å². The van der Waals surface area contributed by atoms with Crippen molar-refractivity contribution >= 4 is 26.5 Å². The van der Waals surface area contributed by atoms with Crippen molar-refractivity contribution in [1.82, 2.24) is 9.55 Å². The molecule has 0 amide bonds. The monoisotopic (exact) mass is 462 g/mol. The number of aromatic nitrogens is 2. The Labute approximate surface area is 184 Å². The molecular weight excluding hydrogens is 439 g/mol. The highest BCUT2D eigenvalue weighted by molar-refractivity contribution is 7.92. The number of ketones is 1. The first-order chi connectivity index (χ1) is 15.0. The van der Waals surface area contributed by atoms with Crippen molar-refractivity contribution in [3.05, 3.63) is 58.9 Å². The Kier molecular flexibility index (Phi) is 6.47. The molecule has 0 saturated carbocycles. The molecule has 0 aliphatic heterocycles. The maximum atomic E-state index is 14.8. The first-order valence-corrected chi connectivity index (χ1v) is 11.6. The minimum Gasteiger partial charge on any atom is -0.497 e. The van der Waals surface area contributed by atoms with Gasteiger partial charge < -0.3 is 9.84 Å². The summed E-state index contributed by atoms with van der Waals surface area (Å²) in [7, 11) is -2.34. The van der Waals surface area contributed by atoms with Gasteiger partial charge in [-0.3, -0.25) is 14.2 Å². The third kappa shape index (κ3) is 4.28. The summed E-state index contributed by atoms with van der Waals surface area (Å²) < 4.78 is 43.5. The molecule has 0 aliphatic carbocycles. The number of methoxy groups -OCH3 is 1. The Balaban J connectivity index is 1.98. The van der Waals surface area contributed by atoms with E-state index in [1.54, 1.807) is 24.3 Å². The number of ether oxygens (including phenoxy) is 1. The molecule has 10 heteroatoms. The third-order valence-electron chi connectivity index (χ3n) is 5.70. The smallest absolute Gasteiger partial charge is 0.261 e. The van der Waals surface area contributed by atoms with Gasteiger partial charge in [0.05, 0.1) is 24.3 Å². The fourth-order valence-corrected chi connectivity index (χ4v) is 4.30. The average molecular weight is 462 g/mol. The van der Waals surface area contributed by atoms with Gasteiger partial charge in [0.1, 0.15) is 22.9 Å². The minimum atomic E-state index is -3.86. The molecule has 1 heterocycles. The van der Waals surface area contributed by atoms with Crippen molar-refractivity contribution in [2.24, 2.45) is 0 Å². The molecule has 0 bridgehead atoms. The standard InChI is InChI=1S/C22H23FN2O6S/c1-22(20(27)12-26,32(3,29)30)8-9-25-13-24-19-11-16(18(23)10-17(19)21(25)28)14-4-6-15(31-2)7-5-14/h4-7,10-11,13,26H,8-9,12H2,1-3H3/t22-/m0/s1. The number of hydrogen-bond donors (Lipinski definition) is 1. The van der Waals surface area contributed by atoms with E-state index in [0.29, 0.717) is 11.3 Å². The number of aliphatic hydroxyl groups excluding tert-OH is 1. The molecule has 0 aliphatic rings. The number of sulfone groups is 1. The Morgan fingerprint density at radius 2 is 1.91 bits per heavy atom. The van der Waals surface area contributed by atoms with Crippen molar-refractivity contribution in [1.29, 1.82) is 0 Å². The number of halogens is 1. The van der Waals surface area contributed by atoms with Crippen LogP contribution in [0.1, 0.15) is 13.3 Å². The van der Waals surface area contributed by atoms with Crippen LogP contribution in [0.15, 0.2) is 47.5 Å². The van der Waals surface area contributed by atoms with Crippen molar-refractivity contribution in [2.45, 2.75) is 24.6 Å². The van der Waals surface area contributed by atoms with Crippen LogP contribution in [-0.2, 0) is 21.2 Å². The number of carbonyl (C=O) groups is 1. The molecule has 8 nitrogen and oxygen atoms in total. The van der Waals surface area contributed by atoms with E-state index < -0.39 is 38.4 Å². The average Bonchev–Trinajstić information content (AvgIpc) is 2.77. The second-order valence-electron chi connectivity index (χ2n) is 7.66. The van der Waals surface area contributed by atoms with Gasteiger partial charge in [-0.2, -0.15) is 0 Å². The maximum absolute atomic E-state index is 14.8. The van der Waals surface area contributed by atoms with Gasteiger partial charge in [-0.15, -0.1) is 0 Å². The number of aliphatic hydroxyl groups is 1. The third-order valence-corrected chi connectivity index (χ3v) is 7.76. The normalized spacial score (nSPS) is 13.7. The van der Waals surface area contributed by atoms with Crippen LogP contribution < -0.4 is 10.3 Å². The number of hydrogen-bond acceptors (Lipinski definition) is 7. The van der Waals surface area contributed by atoms with E-state index in [4.69, 9.17) is 9.84 Å². The van der Waals surface area contributed by atoms with Gasteiger partial charge in [-0.25, -0.2) is 17.8 Å². The lowest BCUT2D eigenvalue weighted by atomic mass is 10.0. The molecule has 0 radical (unpaired) electrons. The number of fused-ring (bicyclic) bond motifs is 1. The fraction of sp³-hybridized carbons (Fsp3) is 0.318. The lowest BCUT2D eigenvalue weighted by Crippen LogP contribution is -2.46. The quantitative estimate of drug-likeness (QED) is 0.544. The summed E-state index contributed by atoms with van der Waals surface area (Å²) in [6.45, 7) is 0.119. The Bertz CT molecular complexity index is 1340. The number of carbonyl (C=O) groups excluding carboxylic acids is 1. The summed E-state index contributed by atoms with van der Waals surface area (Å²) in [5.74, 6) is -0.857. The van der Waals surface area contributed by atoms with E-state index in [0.717, 1.165) is 16.9 Å². The number of benzene rings is 2. The maximum Gasteiger partial charge on any atom is 0.261 e. The molecule has 1 N–H and O–H groups in total. The Morgan fingerprint density at radius 1 is 1.25 bits per heavy atom. The molecule has 3 rings (SSSR count). The van der Waals surface area contributed by atoms with Gasteiger partial charge in [0.15, 0.2) is 15.6 Å². The first-order valence-electron chi connectivity index (χ1n) is 9.68. The molecule has 0 saturated heterocycles.